The third kappa shape index (κ3) is 5.10. The molecule has 0 spiro atoms. The molecule has 0 atom stereocenters. The van der Waals surface area contributed by atoms with Crippen LogP contribution in [-0.4, -0.2) is 11.9 Å². The number of esters is 2. The van der Waals surface area contributed by atoms with E-state index >= 15 is 0 Å². The molecular weight excluding hydrogens is 204 g/mol. The van der Waals surface area contributed by atoms with E-state index in [1.165, 1.54) is 12.5 Å². The molecule has 0 saturated heterocycles. The Labute approximate surface area is 94.7 Å². The van der Waals surface area contributed by atoms with Gasteiger partial charge in [0.2, 0.25) is 0 Å². The van der Waals surface area contributed by atoms with Crippen molar-refractivity contribution in [3.8, 4) is 0 Å². The highest BCUT2D eigenvalue weighted by atomic mass is 16.6. The minimum absolute atomic E-state index is 0.131. The molecule has 0 fully saturated rings. The molecule has 0 unspecified atom stereocenters. The zero-order valence-electron chi connectivity index (χ0n) is 9.18. The van der Waals surface area contributed by atoms with Crippen molar-refractivity contribution >= 4 is 11.9 Å². The Morgan fingerprint density at radius 1 is 1.19 bits per heavy atom. The summed E-state index contributed by atoms with van der Waals surface area (Å²) in [5.74, 6) is -1.08. The van der Waals surface area contributed by atoms with E-state index in [9.17, 15) is 9.59 Å². The van der Waals surface area contributed by atoms with Crippen LogP contribution >= 0.6 is 0 Å². The second-order valence-corrected chi connectivity index (χ2v) is 3.33. The van der Waals surface area contributed by atoms with Gasteiger partial charge in [0.25, 0.3) is 0 Å². The number of hydrogen-bond acceptors (Lipinski definition) is 3. The summed E-state index contributed by atoms with van der Waals surface area (Å²) in [6.45, 7) is 1.21. The van der Waals surface area contributed by atoms with Crippen molar-refractivity contribution in [1.29, 1.82) is 0 Å². The first-order valence-electron chi connectivity index (χ1n) is 5.08. The van der Waals surface area contributed by atoms with Crippen LogP contribution in [0.5, 0.6) is 0 Å². The van der Waals surface area contributed by atoms with Crippen molar-refractivity contribution in [2.75, 3.05) is 0 Å². The van der Waals surface area contributed by atoms with E-state index in [4.69, 9.17) is 0 Å². The minimum Gasteiger partial charge on any atom is -0.393 e. The fourth-order valence-electron chi connectivity index (χ4n) is 1.22. The van der Waals surface area contributed by atoms with Crippen molar-refractivity contribution in [3.63, 3.8) is 0 Å². The third-order valence-corrected chi connectivity index (χ3v) is 1.91. The van der Waals surface area contributed by atoms with Crippen LogP contribution in [0.25, 0.3) is 0 Å². The predicted octanol–water partition coefficient (Wildman–Crippen LogP) is 2.27. The molecule has 0 radical (unpaired) electrons. The van der Waals surface area contributed by atoms with Gasteiger partial charge >= 0.3 is 11.9 Å². The summed E-state index contributed by atoms with van der Waals surface area (Å²) in [5, 5.41) is 0. The van der Waals surface area contributed by atoms with Crippen molar-refractivity contribution in [1.82, 2.24) is 0 Å². The molecular formula is C13H14O3. The van der Waals surface area contributed by atoms with Crippen molar-refractivity contribution in [2.45, 2.75) is 19.8 Å². The maximum atomic E-state index is 11.0. The zero-order chi connectivity index (χ0) is 11.8. The number of carbonyl (C=O) groups excluding carboxylic acids is 2. The second kappa shape index (κ2) is 6.56. The van der Waals surface area contributed by atoms with Gasteiger partial charge in [-0.05, 0) is 12.0 Å². The molecule has 0 aromatic heterocycles. The fraction of sp³-hybridized carbons (Fsp3) is 0.231. The van der Waals surface area contributed by atoms with Gasteiger partial charge in [-0.15, -0.1) is 0 Å². The minimum atomic E-state index is -0.568. The van der Waals surface area contributed by atoms with Gasteiger partial charge in [-0.1, -0.05) is 42.5 Å². The largest absolute Gasteiger partial charge is 0.393 e. The molecule has 0 saturated carbocycles. The maximum absolute atomic E-state index is 11.0. The van der Waals surface area contributed by atoms with Gasteiger partial charge in [-0.3, -0.25) is 9.59 Å². The maximum Gasteiger partial charge on any atom is 0.317 e. The van der Waals surface area contributed by atoms with E-state index in [0.29, 0.717) is 0 Å². The van der Waals surface area contributed by atoms with Crippen molar-refractivity contribution in [3.05, 3.63) is 48.0 Å². The lowest BCUT2D eigenvalue weighted by atomic mass is 10.1. The Balaban J connectivity index is 2.28. The summed E-state index contributed by atoms with van der Waals surface area (Å²) in [5.41, 5.74) is 1.18. The second-order valence-electron chi connectivity index (χ2n) is 3.33. The lowest BCUT2D eigenvalue weighted by Gasteiger charge is -1.96. The molecule has 3 nitrogen and oxygen atoms in total. The predicted molar refractivity (Wildman–Crippen MR) is 60.7 cm³/mol. The topological polar surface area (TPSA) is 43.4 Å². The average molecular weight is 218 g/mol. The van der Waals surface area contributed by atoms with Crippen LogP contribution in [0.4, 0.5) is 0 Å². The molecule has 1 rings (SSSR count). The van der Waals surface area contributed by atoms with Crippen LogP contribution in [0, 0.1) is 0 Å². The third-order valence-electron chi connectivity index (χ3n) is 1.91. The van der Waals surface area contributed by atoms with Crippen molar-refractivity contribution in [2.24, 2.45) is 0 Å². The van der Waals surface area contributed by atoms with E-state index in [0.717, 1.165) is 6.42 Å². The smallest absolute Gasteiger partial charge is 0.317 e. The molecule has 0 heterocycles. The van der Waals surface area contributed by atoms with E-state index in [2.05, 4.69) is 4.74 Å². The Bertz CT molecular complexity index is 379. The Kier molecular flexibility index (Phi) is 4.99. The molecule has 0 aliphatic carbocycles. The molecule has 0 aliphatic heterocycles. The summed E-state index contributed by atoms with van der Waals surface area (Å²) in [7, 11) is 0. The molecule has 3 heteroatoms. The standard InChI is InChI=1S/C13H14O3/c1-11(14)16-13(15)10-6-5-9-12-7-3-2-4-8-12/h2-8H,9-10H2,1H3. The average Bonchev–Trinajstić information content (AvgIpc) is 2.25. The van der Waals surface area contributed by atoms with Crippen molar-refractivity contribution < 1.29 is 14.3 Å². The van der Waals surface area contributed by atoms with Crippen LogP contribution < -0.4 is 0 Å². The number of carbonyl (C=O) groups is 2. The summed E-state index contributed by atoms with van der Waals surface area (Å²) >= 11 is 0. The van der Waals surface area contributed by atoms with Crippen LogP contribution in [0.3, 0.4) is 0 Å². The van der Waals surface area contributed by atoms with E-state index in [1.807, 2.05) is 36.4 Å². The molecule has 1 aromatic carbocycles. The summed E-state index contributed by atoms with van der Waals surface area (Å²) in [4.78, 5) is 21.4. The fourth-order valence-corrected chi connectivity index (χ4v) is 1.22. The van der Waals surface area contributed by atoms with Gasteiger partial charge in [-0.25, -0.2) is 0 Å². The number of allylic oxidation sites excluding steroid dienone is 1. The van der Waals surface area contributed by atoms with Gasteiger partial charge in [0.1, 0.15) is 0 Å². The molecule has 84 valence electrons. The van der Waals surface area contributed by atoms with Gasteiger partial charge in [0.15, 0.2) is 0 Å². The quantitative estimate of drug-likeness (QED) is 0.442. The summed E-state index contributed by atoms with van der Waals surface area (Å²) in [6.07, 6.45) is 4.50. The Morgan fingerprint density at radius 3 is 2.50 bits per heavy atom. The Hall–Kier alpha value is -1.90. The van der Waals surface area contributed by atoms with Gasteiger partial charge in [-0.2, -0.15) is 0 Å². The molecule has 0 bridgehead atoms. The normalized spacial score (nSPS) is 10.3. The van der Waals surface area contributed by atoms with E-state index < -0.39 is 11.9 Å². The number of hydrogen-bond donors (Lipinski definition) is 0. The molecule has 16 heavy (non-hydrogen) atoms. The molecule has 0 amide bonds. The lowest BCUT2D eigenvalue weighted by Crippen LogP contribution is -2.07. The van der Waals surface area contributed by atoms with Gasteiger partial charge in [0.05, 0.1) is 6.42 Å². The molecule has 0 N–H and O–H groups in total. The van der Waals surface area contributed by atoms with Crippen LogP contribution in [0.2, 0.25) is 0 Å². The molecule has 0 aliphatic rings. The molecule has 1 aromatic rings. The highest BCUT2D eigenvalue weighted by Gasteiger charge is 2.01. The number of rotatable bonds is 4. The van der Waals surface area contributed by atoms with Gasteiger partial charge < -0.3 is 4.74 Å². The summed E-state index contributed by atoms with van der Waals surface area (Å²) < 4.78 is 4.37. The summed E-state index contributed by atoms with van der Waals surface area (Å²) in [6, 6.07) is 9.91. The van der Waals surface area contributed by atoms with Crippen LogP contribution in [0.15, 0.2) is 42.5 Å². The zero-order valence-corrected chi connectivity index (χ0v) is 9.18. The van der Waals surface area contributed by atoms with Crippen LogP contribution in [0.1, 0.15) is 18.9 Å². The van der Waals surface area contributed by atoms with Crippen LogP contribution in [-0.2, 0) is 20.7 Å². The SMILES string of the molecule is CC(=O)OC(=O)CC=CCc1ccccc1. The number of benzene rings is 1. The highest BCUT2D eigenvalue weighted by molar-refractivity contribution is 5.84. The van der Waals surface area contributed by atoms with Gasteiger partial charge in [0, 0.05) is 6.92 Å². The Morgan fingerprint density at radius 2 is 1.88 bits per heavy atom. The first kappa shape index (κ1) is 12.2. The number of ether oxygens (including phenoxy) is 1. The first-order chi connectivity index (χ1) is 7.68. The first-order valence-corrected chi connectivity index (χ1v) is 5.08. The lowest BCUT2D eigenvalue weighted by molar-refractivity contribution is -0.157. The van der Waals surface area contributed by atoms with E-state index in [1.54, 1.807) is 6.08 Å². The highest BCUT2D eigenvalue weighted by Crippen LogP contribution is 2.00. The monoisotopic (exact) mass is 218 g/mol. The van der Waals surface area contributed by atoms with E-state index in [-0.39, 0.29) is 6.42 Å².